The van der Waals surface area contributed by atoms with Crippen molar-refractivity contribution in [3.8, 4) is 0 Å². The average Bonchev–Trinajstić information content (AvgIpc) is 2.63. The minimum atomic E-state index is -2.89. The number of nitrogens with zero attached hydrogens (tertiary/aromatic N) is 1. The summed E-state index contributed by atoms with van der Waals surface area (Å²) in [7, 11) is -2.89. The van der Waals surface area contributed by atoms with E-state index in [1.165, 1.54) is 11.3 Å². The summed E-state index contributed by atoms with van der Waals surface area (Å²) < 4.78 is 23.1. The third-order valence-electron chi connectivity index (χ3n) is 2.81. The van der Waals surface area contributed by atoms with Crippen LogP contribution in [0.15, 0.2) is 6.20 Å². The molecule has 17 heavy (non-hydrogen) atoms. The highest BCUT2D eigenvalue weighted by Crippen LogP contribution is 2.31. The van der Waals surface area contributed by atoms with Crippen molar-refractivity contribution in [3.63, 3.8) is 0 Å². The lowest BCUT2D eigenvalue weighted by atomic mass is 10.1. The van der Waals surface area contributed by atoms with Crippen LogP contribution in [-0.2, 0) is 21.1 Å². The van der Waals surface area contributed by atoms with E-state index >= 15 is 0 Å². The highest BCUT2D eigenvalue weighted by molar-refractivity contribution is 7.91. The van der Waals surface area contributed by atoms with Gasteiger partial charge in [0.25, 0.3) is 0 Å². The van der Waals surface area contributed by atoms with Crippen LogP contribution in [0.1, 0.15) is 35.6 Å². The van der Waals surface area contributed by atoms with E-state index in [-0.39, 0.29) is 17.5 Å². The molecular weight excluding hydrogens is 258 g/mol. The second-order valence-electron chi connectivity index (χ2n) is 4.50. The quantitative estimate of drug-likeness (QED) is 0.838. The van der Waals surface area contributed by atoms with E-state index in [2.05, 4.69) is 4.98 Å². The van der Waals surface area contributed by atoms with Gasteiger partial charge in [-0.05, 0) is 19.8 Å². The molecule has 1 aliphatic heterocycles. The zero-order chi connectivity index (χ0) is 12.5. The maximum Gasteiger partial charge on any atom is 0.151 e. The van der Waals surface area contributed by atoms with Gasteiger partial charge in [0.2, 0.25) is 0 Å². The molecule has 0 amide bonds. The standard InChI is InChI=1S/C11H15NO3S2/c1-8(13)5-10-6-12-11(16-10)9-3-2-4-17(14,15)7-9/h6,9H,2-5,7H2,1H3. The number of thiazole rings is 1. The molecule has 1 unspecified atom stereocenters. The van der Waals surface area contributed by atoms with E-state index in [0.717, 1.165) is 16.3 Å². The van der Waals surface area contributed by atoms with Gasteiger partial charge in [0.1, 0.15) is 5.78 Å². The Bertz CT molecular complexity index is 519. The van der Waals surface area contributed by atoms with Crippen LogP contribution in [0.2, 0.25) is 0 Å². The summed E-state index contributed by atoms with van der Waals surface area (Å²) in [5.74, 6) is 0.644. The van der Waals surface area contributed by atoms with Crippen LogP contribution in [0.25, 0.3) is 0 Å². The predicted octanol–water partition coefficient (Wildman–Crippen LogP) is 1.57. The fraction of sp³-hybridized carbons (Fsp3) is 0.636. The highest BCUT2D eigenvalue weighted by Gasteiger charge is 2.27. The summed E-state index contributed by atoms with van der Waals surface area (Å²) in [5, 5.41) is 0.865. The maximum atomic E-state index is 11.5. The Morgan fingerprint density at radius 3 is 3.00 bits per heavy atom. The normalized spacial score (nSPS) is 23.5. The molecule has 4 nitrogen and oxygen atoms in total. The molecule has 2 rings (SSSR count). The van der Waals surface area contributed by atoms with E-state index in [9.17, 15) is 13.2 Å². The SMILES string of the molecule is CC(=O)Cc1cnc(C2CCCS(=O)(=O)C2)s1. The topological polar surface area (TPSA) is 64.1 Å². The van der Waals surface area contributed by atoms with E-state index in [4.69, 9.17) is 0 Å². The summed E-state index contributed by atoms with van der Waals surface area (Å²) >= 11 is 1.47. The highest BCUT2D eigenvalue weighted by atomic mass is 32.2. The zero-order valence-electron chi connectivity index (χ0n) is 9.68. The van der Waals surface area contributed by atoms with E-state index in [1.807, 2.05) is 0 Å². The molecule has 0 N–H and O–H groups in total. The van der Waals surface area contributed by atoms with Crippen LogP contribution < -0.4 is 0 Å². The molecule has 0 bridgehead atoms. The zero-order valence-corrected chi connectivity index (χ0v) is 11.3. The molecule has 1 aromatic heterocycles. The Balaban J connectivity index is 2.12. The van der Waals surface area contributed by atoms with Gasteiger partial charge in [0, 0.05) is 23.4 Å². The van der Waals surface area contributed by atoms with Crippen LogP contribution in [-0.4, -0.2) is 30.7 Å². The number of Topliss-reactive ketones (excluding diaryl/α,β-unsaturated/α-hetero) is 1. The minimum Gasteiger partial charge on any atom is -0.300 e. The molecule has 1 fully saturated rings. The van der Waals surface area contributed by atoms with Crippen molar-refractivity contribution in [1.82, 2.24) is 4.98 Å². The van der Waals surface area contributed by atoms with Crippen LogP contribution >= 0.6 is 11.3 Å². The van der Waals surface area contributed by atoms with Gasteiger partial charge in [-0.1, -0.05) is 0 Å². The molecule has 0 aromatic carbocycles. The van der Waals surface area contributed by atoms with E-state index < -0.39 is 9.84 Å². The van der Waals surface area contributed by atoms with Crippen LogP contribution in [0.5, 0.6) is 0 Å². The molecule has 1 saturated heterocycles. The molecule has 0 spiro atoms. The summed E-state index contributed by atoms with van der Waals surface area (Å²) in [6, 6.07) is 0. The number of hydrogen-bond donors (Lipinski definition) is 0. The second-order valence-corrected chi connectivity index (χ2v) is 7.87. The molecular formula is C11H15NO3S2. The Kier molecular flexibility index (Phi) is 3.63. The minimum absolute atomic E-state index is 0.0273. The van der Waals surface area contributed by atoms with Gasteiger partial charge in [0.05, 0.1) is 16.5 Å². The number of hydrogen-bond acceptors (Lipinski definition) is 5. The van der Waals surface area contributed by atoms with Crippen molar-refractivity contribution < 1.29 is 13.2 Å². The molecule has 0 saturated carbocycles. The van der Waals surface area contributed by atoms with Crippen molar-refractivity contribution >= 4 is 27.0 Å². The smallest absolute Gasteiger partial charge is 0.151 e. The van der Waals surface area contributed by atoms with Crippen LogP contribution in [0.3, 0.4) is 0 Å². The first kappa shape index (κ1) is 12.7. The Morgan fingerprint density at radius 2 is 2.35 bits per heavy atom. The van der Waals surface area contributed by atoms with Gasteiger partial charge in [0.15, 0.2) is 9.84 Å². The Labute approximate surface area is 105 Å². The van der Waals surface area contributed by atoms with E-state index in [1.54, 1.807) is 13.1 Å². The number of aromatic nitrogens is 1. The summed E-state index contributed by atoms with van der Waals surface area (Å²) in [6.07, 6.45) is 3.70. The van der Waals surface area contributed by atoms with Crippen molar-refractivity contribution in [2.75, 3.05) is 11.5 Å². The van der Waals surface area contributed by atoms with Gasteiger partial charge < -0.3 is 0 Å². The van der Waals surface area contributed by atoms with Crippen molar-refractivity contribution in [1.29, 1.82) is 0 Å². The fourth-order valence-electron chi connectivity index (χ4n) is 2.06. The molecule has 1 aliphatic rings. The molecule has 1 atom stereocenters. The lowest BCUT2D eigenvalue weighted by Gasteiger charge is -2.19. The fourth-order valence-corrected chi connectivity index (χ4v) is 5.00. The lowest BCUT2D eigenvalue weighted by molar-refractivity contribution is -0.116. The lowest BCUT2D eigenvalue weighted by Crippen LogP contribution is -2.23. The average molecular weight is 273 g/mol. The third-order valence-corrected chi connectivity index (χ3v) is 5.79. The van der Waals surface area contributed by atoms with Gasteiger partial charge in [-0.25, -0.2) is 13.4 Å². The van der Waals surface area contributed by atoms with Gasteiger partial charge in [-0.2, -0.15) is 0 Å². The van der Waals surface area contributed by atoms with Crippen molar-refractivity contribution in [3.05, 3.63) is 16.1 Å². The van der Waals surface area contributed by atoms with E-state index in [0.29, 0.717) is 18.6 Å². The molecule has 94 valence electrons. The van der Waals surface area contributed by atoms with Crippen molar-refractivity contribution in [2.45, 2.75) is 32.1 Å². The monoisotopic (exact) mass is 273 g/mol. The molecule has 2 heterocycles. The summed E-state index contributed by atoms with van der Waals surface area (Å²) in [5.41, 5.74) is 0. The first-order valence-electron chi connectivity index (χ1n) is 5.61. The Hall–Kier alpha value is -0.750. The maximum absolute atomic E-state index is 11.5. The van der Waals surface area contributed by atoms with Gasteiger partial charge >= 0.3 is 0 Å². The molecule has 0 radical (unpaired) electrons. The van der Waals surface area contributed by atoms with Gasteiger partial charge in [-0.15, -0.1) is 11.3 Å². The second kappa shape index (κ2) is 4.86. The molecule has 0 aliphatic carbocycles. The first-order chi connectivity index (χ1) is 7.96. The number of rotatable bonds is 3. The summed E-state index contributed by atoms with van der Waals surface area (Å²) in [6.45, 7) is 1.55. The summed E-state index contributed by atoms with van der Waals surface area (Å²) in [4.78, 5) is 16.2. The third kappa shape index (κ3) is 3.35. The number of sulfone groups is 1. The van der Waals surface area contributed by atoms with Crippen LogP contribution in [0, 0.1) is 0 Å². The number of carbonyl (C=O) groups is 1. The number of ketones is 1. The largest absolute Gasteiger partial charge is 0.300 e. The number of carbonyl (C=O) groups excluding carboxylic acids is 1. The first-order valence-corrected chi connectivity index (χ1v) is 8.24. The molecule has 6 heteroatoms. The predicted molar refractivity (Wildman–Crippen MR) is 67.1 cm³/mol. The van der Waals surface area contributed by atoms with Gasteiger partial charge in [-0.3, -0.25) is 4.79 Å². The Morgan fingerprint density at radius 1 is 1.59 bits per heavy atom. The van der Waals surface area contributed by atoms with Crippen molar-refractivity contribution in [2.24, 2.45) is 0 Å². The van der Waals surface area contributed by atoms with Crippen LogP contribution in [0.4, 0.5) is 0 Å². The molecule has 1 aromatic rings.